The molecule has 0 aliphatic carbocycles. The van der Waals surface area contributed by atoms with Gasteiger partial charge < -0.3 is 5.32 Å². The number of amides is 1. The van der Waals surface area contributed by atoms with Crippen molar-refractivity contribution in [3.63, 3.8) is 0 Å². The van der Waals surface area contributed by atoms with Crippen molar-refractivity contribution in [3.8, 4) is 0 Å². The van der Waals surface area contributed by atoms with Crippen LogP contribution >= 0.6 is 0 Å². The van der Waals surface area contributed by atoms with E-state index in [4.69, 9.17) is 0 Å². The zero-order valence-corrected chi connectivity index (χ0v) is 19.8. The van der Waals surface area contributed by atoms with Crippen molar-refractivity contribution in [2.45, 2.75) is 38.9 Å². The highest BCUT2D eigenvalue weighted by atomic mass is 16.2. The molecule has 0 radical (unpaired) electrons. The van der Waals surface area contributed by atoms with Gasteiger partial charge in [-0.15, -0.1) is 6.58 Å². The molecule has 0 saturated carbocycles. The molecule has 6 heteroatoms. The number of nitrogens with zero attached hydrogens (tertiary/aromatic N) is 2. The minimum absolute atomic E-state index is 0.0365. The second-order valence-corrected chi connectivity index (χ2v) is 8.68. The van der Waals surface area contributed by atoms with Gasteiger partial charge in [-0.1, -0.05) is 60.7 Å². The van der Waals surface area contributed by atoms with Gasteiger partial charge in [0.15, 0.2) is 0 Å². The normalized spacial score (nSPS) is 11.8. The summed E-state index contributed by atoms with van der Waals surface area (Å²) in [6, 6.07) is 24.7. The molecule has 35 heavy (non-hydrogen) atoms. The number of benzene rings is 3. The highest BCUT2D eigenvalue weighted by Gasteiger charge is 2.14. The van der Waals surface area contributed by atoms with Crippen LogP contribution in [0.5, 0.6) is 0 Å². The average molecular weight is 468 g/mol. The summed E-state index contributed by atoms with van der Waals surface area (Å²) in [4.78, 5) is 38.3. The van der Waals surface area contributed by atoms with Gasteiger partial charge in [0.05, 0.1) is 17.6 Å². The van der Waals surface area contributed by atoms with Crippen molar-refractivity contribution in [1.82, 2.24) is 14.5 Å². The predicted molar refractivity (Wildman–Crippen MR) is 140 cm³/mol. The van der Waals surface area contributed by atoms with Crippen LogP contribution in [0.2, 0.25) is 0 Å². The number of carbonyl (C=O) groups is 1. The molecule has 1 aromatic heterocycles. The Bertz CT molecular complexity index is 1450. The van der Waals surface area contributed by atoms with E-state index in [0.717, 1.165) is 18.4 Å². The third-order valence-corrected chi connectivity index (χ3v) is 6.09. The predicted octanol–water partition coefficient (Wildman–Crippen LogP) is 4.15. The number of para-hydroxylation sites is 2. The van der Waals surface area contributed by atoms with Gasteiger partial charge >= 0.3 is 11.1 Å². The summed E-state index contributed by atoms with van der Waals surface area (Å²) in [7, 11) is 0. The Labute approximate surface area is 204 Å². The first-order chi connectivity index (χ1) is 17.0. The zero-order chi connectivity index (χ0) is 24.8. The SMILES string of the molecule is C=CCn1c(=O)c(=O)n(Cc2ccc(C(=O)N[C@@H](C)CCc3ccccc3)cc2)c2ccccc21. The third-order valence-electron chi connectivity index (χ3n) is 6.09. The molecule has 4 aromatic rings. The van der Waals surface area contributed by atoms with E-state index < -0.39 is 11.1 Å². The lowest BCUT2D eigenvalue weighted by Crippen LogP contribution is -2.41. The van der Waals surface area contributed by atoms with Crippen LogP contribution in [0, 0.1) is 0 Å². The summed E-state index contributed by atoms with van der Waals surface area (Å²) >= 11 is 0. The van der Waals surface area contributed by atoms with Crippen LogP contribution in [0.3, 0.4) is 0 Å². The van der Waals surface area contributed by atoms with E-state index in [1.807, 2.05) is 61.5 Å². The summed E-state index contributed by atoms with van der Waals surface area (Å²) in [5.41, 5.74) is 2.82. The molecule has 0 unspecified atom stereocenters. The minimum atomic E-state index is -0.584. The van der Waals surface area contributed by atoms with Gasteiger partial charge in [-0.2, -0.15) is 0 Å². The van der Waals surface area contributed by atoms with Crippen LogP contribution in [0.15, 0.2) is 101 Å². The number of nitrogens with one attached hydrogen (secondary N) is 1. The van der Waals surface area contributed by atoms with Crippen molar-refractivity contribution >= 4 is 16.9 Å². The molecule has 3 aromatic carbocycles. The first-order valence-electron chi connectivity index (χ1n) is 11.7. The monoisotopic (exact) mass is 467 g/mol. The van der Waals surface area contributed by atoms with Gasteiger partial charge in [0.25, 0.3) is 5.91 Å². The van der Waals surface area contributed by atoms with Crippen LogP contribution in [0.4, 0.5) is 0 Å². The Balaban J connectivity index is 1.48. The largest absolute Gasteiger partial charge is 0.350 e. The number of hydrogen-bond acceptors (Lipinski definition) is 3. The van der Waals surface area contributed by atoms with Crippen LogP contribution in [0.25, 0.3) is 11.0 Å². The molecule has 0 aliphatic rings. The van der Waals surface area contributed by atoms with Gasteiger partial charge in [0, 0.05) is 18.2 Å². The van der Waals surface area contributed by atoms with E-state index >= 15 is 0 Å². The maximum absolute atomic E-state index is 12.9. The minimum Gasteiger partial charge on any atom is -0.350 e. The fraction of sp³-hybridized carbons (Fsp3) is 0.207. The number of carbonyl (C=O) groups excluding carboxylic acids is 1. The highest BCUT2D eigenvalue weighted by Crippen LogP contribution is 2.14. The van der Waals surface area contributed by atoms with E-state index in [2.05, 4.69) is 24.0 Å². The summed E-state index contributed by atoms with van der Waals surface area (Å²) in [6.45, 7) is 6.19. The number of aromatic nitrogens is 2. The average Bonchev–Trinajstić information content (AvgIpc) is 2.89. The molecule has 0 spiro atoms. The Morgan fingerprint density at radius 3 is 2.11 bits per heavy atom. The molecule has 4 rings (SSSR count). The van der Waals surface area contributed by atoms with Gasteiger partial charge in [-0.3, -0.25) is 23.5 Å². The quantitative estimate of drug-likeness (QED) is 0.297. The maximum atomic E-state index is 12.9. The number of allylic oxidation sites excluding steroid dienone is 1. The molecule has 1 amide bonds. The van der Waals surface area contributed by atoms with Crippen molar-refractivity contribution in [2.75, 3.05) is 0 Å². The Hall–Kier alpha value is -4.19. The molecule has 0 saturated heterocycles. The fourth-order valence-electron chi connectivity index (χ4n) is 4.19. The van der Waals surface area contributed by atoms with Crippen LogP contribution in [0.1, 0.15) is 34.8 Å². The lowest BCUT2D eigenvalue weighted by atomic mass is 10.1. The Morgan fingerprint density at radius 2 is 1.46 bits per heavy atom. The van der Waals surface area contributed by atoms with E-state index in [1.165, 1.54) is 14.7 Å². The van der Waals surface area contributed by atoms with E-state index in [1.54, 1.807) is 18.2 Å². The molecule has 6 nitrogen and oxygen atoms in total. The standard InChI is InChI=1S/C29H29N3O3/c1-3-19-31-25-11-7-8-12-26(25)32(29(35)28(31)34)20-23-15-17-24(18-16-23)27(33)30-21(2)13-14-22-9-5-4-6-10-22/h3-12,15-18,21H,1,13-14,19-20H2,2H3,(H,30,33)/t21-/m0/s1. The van der Waals surface area contributed by atoms with Gasteiger partial charge in [0.1, 0.15) is 0 Å². The molecule has 0 fully saturated rings. The van der Waals surface area contributed by atoms with Crippen LogP contribution in [-0.4, -0.2) is 21.1 Å². The molecule has 1 heterocycles. The van der Waals surface area contributed by atoms with E-state index in [-0.39, 0.29) is 25.0 Å². The fourth-order valence-corrected chi connectivity index (χ4v) is 4.19. The number of rotatable bonds is 9. The summed E-state index contributed by atoms with van der Waals surface area (Å²) in [5, 5.41) is 3.05. The number of fused-ring (bicyclic) bond motifs is 1. The van der Waals surface area contributed by atoms with Gasteiger partial charge in [0.2, 0.25) is 0 Å². The Kier molecular flexibility index (Phi) is 7.41. The molecule has 178 valence electrons. The summed E-state index contributed by atoms with van der Waals surface area (Å²) in [5.74, 6) is -0.133. The summed E-state index contributed by atoms with van der Waals surface area (Å²) < 4.78 is 2.92. The molecular formula is C29H29N3O3. The number of aryl methyl sites for hydroxylation is 1. The van der Waals surface area contributed by atoms with Gasteiger partial charge in [-0.25, -0.2) is 0 Å². The smallest absolute Gasteiger partial charge is 0.317 e. The second kappa shape index (κ2) is 10.8. The van der Waals surface area contributed by atoms with Crippen molar-refractivity contribution in [1.29, 1.82) is 0 Å². The zero-order valence-electron chi connectivity index (χ0n) is 19.8. The molecule has 0 aliphatic heterocycles. The molecule has 0 bridgehead atoms. The van der Waals surface area contributed by atoms with Gasteiger partial charge in [-0.05, 0) is 55.2 Å². The van der Waals surface area contributed by atoms with Crippen molar-refractivity contribution in [2.24, 2.45) is 0 Å². The molecule has 1 N–H and O–H groups in total. The lowest BCUT2D eigenvalue weighted by molar-refractivity contribution is 0.0938. The molecular weight excluding hydrogens is 438 g/mol. The van der Waals surface area contributed by atoms with Crippen LogP contribution < -0.4 is 16.4 Å². The topological polar surface area (TPSA) is 73.1 Å². The second-order valence-electron chi connectivity index (χ2n) is 8.68. The first-order valence-corrected chi connectivity index (χ1v) is 11.7. The molecule has 1 atom stereocenters. The van der Waals surface area contributed by atoms with E-state index in [9.17, 15) is 14.4 Å². The Morgan fingerprint density at radius 1 is 0.857 bits per heavy atom. The lowest BCUT2D eigenvalue weighted by Gasteiger charge is -2.15. The van der Waals surface area contributed by atoms with E-state index in [0.29, 0.717) is 16.6 Å². The maximum Gasteiger partial charge on any atom is 0.317 e. The first kappa shape index (κ1) is 24.0. The van der Waals surface area contributed by atoms with Crippen molar-refractivity contribution < 1.29 is 4.79 Å². The van der Waals surface area contributed by atoms with Crippen molar-refractivity contribution in [3.05, 3.63) is 129 Å². The summed E-state index contributed by atoms with van der Waals surface area (Å²) in [6.07, 6.45) is 3.35. The third kappa shape index (κ3) is 5.49. The highest BCUT2D eigenvalue weighted by molar-refractivity contribution is 5.94. The van der Waals surface area contributed by atoms with Crippen LogP contribution in [-0.2, 0) is 19.5 Å². The number of hydrogen-bond donors (Lipinski definition) is 1.